The van der Waals surface area contributed by atoms with Gasteiger partial charge in [-0.2, -0.15) is 4.98 Å². The molecule has 1 aliphatic heterocycles. The molecule has 3 aromatic rings. The van der Waals surface area contributed by atoms with E-state index in [0.717, 1.165) is 17.7 Å². The van der Waals surface area contributed by atoms with Crippen LogP contribution in [0.2, 0.25) is 0 Å². The van der Waals surface area contributed by atoms with Gasteiger partial charge < -0.3 is 15.0 Å². The normalized spacial score (nSPS) is 15.4. The Morgan fingerprint density at radius 1 is 1.21 bits per heavy atom. The standard InChI is InChI=1S/C22H24FN5O/c1-14-10-19-17(13-29-3)7-5-9-20(19)28(14)22-25-21(15(2)26-27-22)24-12-16-6-4-8-18(23)11-16/h4-9,11,14H,10,12-13H2,1-3H3,(H,24,25,27). The van der Waals surface area contributed by atoms with Gasteiger partial charge in [0.1, 0.15) is 11.5 Å². The van der Waals surface area contributed by atoms with Crippen molar-refractivity contribution in [2.45, 2.75) is 39.5 Å². The molecule has 2 aromatic carbocycles. The summed E-state index contributed by atoms with van der Waals surface area (Å²) in [7, 11) is 1.71. The van der Waals surface area contributed by atoms with E-state index in [1.807, 2.05) is 19.1 Å². The molecule has 0 spiro atoms. The first-order valence-electron chi connectivity index (χ1n) is 9.65. The fourth-order valence-electron chi connectivity index (χ4n) is 3.77. The number of nitrogens with one attached hydrogen (secondary N) is 1. The van der Waals surface area contributed by atoms with Gasteiger partial charge in [0.05, 0.1) is 6.61 Å². The third kappa shape index (κ3) is 3.91. The quantitative estimate of drug-likeness (QED) is 0.678. The second-order valence-corrected chi connectivity index (χ2v) is 7.30. The number of fused-ring (bicyclic) bond motifs is 1. The van der Waals surface area contributed by atoms with Crippen molar-refractivity contribution in [1.82, 2.24) is 15.2 Å². The number of anilines is 3. The largest absolute Gasteiger partial charge is 0.380 e. The fraction of sp³-hybridized carbons (Fsp3) is 0.318. The summed E-state index contributed by atoms with van der Waals surface area (Å²) in [5.74, 6) is 0.947. The van der Waals surface area contributed by atoms with Crippen LogP contribution in [0.1, 0.15) is 29.3 Å². The summed E-state index contributed by atoms with van der Waals surface area (Å²) in [6.45, 7) is 5.05. The van der Waals surface area contributed by atoms with E-state index in [-0.39, 0.29) is 11.9 Å². The average Bonchev–Trinajstić information content (AvgIpc) is 3.05. The highest BCUT2D eigenvalue weighted by molar-refractivity contribution is 5.69. The Balaban J connectivity index is 1.62. The molecule has 0 radical (unpaired) electrons. The third-order valence-electron chi connectivity index (χ3n) is 5.16. The Kier molecular flexibility index (Phi) is 5.40. The average molecular weight is 393 g/mol. The van der Waals surface area contributed by atoms with E-state index >= 15 is 0 Å². The summed E-state index contributed by atoms with van der Waals surface area (Å²) < 4.78 is 18.8. The predicted molar refractivity (Wildman–Crippen MR) is 111 cm³/mol. The van der Waals surface area contributed by atoms with E-state index in [0.29, 0.717) is 30.6 Å². The first-order valence-corrected chi connectivity index (χ1v) is 9.65. The molecule has 4 rings (SSSR count). The van der Waals surface area contributed by atoms with Crippen molar-refractivity contribution in [3.05, 3.63) is 70.7 Å². The molecule has 1 atom stereocenters. The minimum absolute atomic E-state index is 0.212. The lowest BCUT2D eigenvalue weighted by molar-refractivity contribution is 0.184. The van der Waals surface area contributed by atoms with Crippen molar-refractivity contribution in [2.24, 2.45) is 0 Å². The van der Waals surface area contributed by atoms with Gasteiger partial charge in [0.2, 0.25) is 0 Å². The Hall–Kier alpha value is -3.06. The maximum Gasteiger partial charge on any atom is 0.252 e. The highest BCUT2D eigenvalue weighted by atomic mass is 19.1. The van der Waals surface area contributed by atoms with Gasteiger partial charge in [-0.1, -0.05) is 24.3 Å². The molecular formula is C22H24FN5O. The fourth-order valence-corrected chi connectivity index (χ4v) is 3.77. The molecule has 0 bridgehead atoms. The van der Waals surface area contributed by atoms with Gasteiger partial charge in [-0.3, -0.25) is 0 Å². The Morgan fingerprint density at radius 3 is 2.83 bits per heavy atom. The van der Waals surface area contributed by atoms with Gasteiger partial charge in [0.15, 0.2) is 5.82 Å². The van der Waals surface area contributed by atoms with Crippen molar-refractivity contribution in [2.75, 3.05) is 17.3 Å². The van der Waals surface area contributed by atoms with E-state index in [1.54, 1.807) is 13.2 Å². The van der Waals surface area contributed by atoms with Crippen LogP contribution in [0, 0.1) is 12.7 Å². The monoisotopic (exact) mass is 393 g/mol. The lowest BCUT2D eigenvalue weighted by Gasteiger charge is -2.23. The van der Waals surface area contributed by atoms with Crippen LogP contribution >= 0.6 is 0 Å². The minimum Gasteiger partial charge on any atom is -0.380 e. The van der Waals surface area contributed by atoms with Gasteiger partial charge in [-0.15, -0.1) is 10.2 Å². The maximum absolute atomic E-state index is 13.4. The number of halogens is 1. The summed E-state index contributed by atoms with van der Waals surface area (Å²) in [5.41, 5.74) is 5.08. The van der Waals surface area contributed by atoms with Crippen molar-refractivity contribution >= 4 is 17.5 Å². The molecule has 29 heavy (non-hydrogen) atoms. The molecule has 1 aliphatic rings. The molecular weight excluding hydrogens is 369 g/mol. The van der Waals surface area contributed by atoms with Crippen LogP contribution in [0.25, 0.3) is 0 Å². The van der Waals surface area contributed by atoms with Gasteiger partial charge in [-0.25, -0.2) is 4.39 Å². The lowest BCUT2D eigenvalue weighted by atomic mass is 10.0. The first-order chi connectivity index (χ1) is 14.1. The van der Waals surface area contributed by atoms with Crippen LogP contribution in [0.4, 0.5) is 21.8 Å². The number of ether oxygens (including phenoxy) is 1. The number of rotatable bonds is 6. The maximum atomic E-state index is 13.4. The SMILES string of the molecule is COCc1cccc2c1CC(C)N2c1nnc(C)c(NCc2cccc(F)c2)n1. The Labute approximate surface area is 169 Å². The van der Waals surface area contributed by atoms with E-state index in [1.165, 1.54) is 23.3 Å². The molecule has 1 aromatic heterocycles. The van der Waals surface area contributed by atoms with Crippen LogP contribution in [-0.2, 0) is 24.3 Å². The highest BCUT2D eigenvalue weighted by Gasteiger charge is 2.31. The third-order valence-corrected chi connectivity index (χ3v) is 5.16. The molecule has 0 saturated heterocycles. The number of hydrogen-bond acceptors (Lipinski definition) is 6. The van der Waals surface area contributed by atoms with Gasteiger partial charge in [0, 0.05) is 25.4 Å². The van der Waals surface area contributed by atoms with Crippen molar-refractivity contribution < 1.29 is 9.13 Å². The van der Waals surface area contributed by atoms with Crippen molar-refractivity contribution in [3.8, 4) is 0 Å². The summed E-state index contributed by atoms with van der Waals surface area (Å²) in [6, 6.07) is 12.9. The molecule has 150 valence electrons. The number of hydrogen-bond donors (Lipinski definition) is 1. The second kappa shape index (κ2) is 8.13. The van der Waals surface area contributed by atoms with Crippen LogP contribution in [0.3, 0.4) is 0 Å². The second-order valence-electron chi connectivity index (χ2n) is 7.30. The van der Waals surface area contributed by atoms with Gasteiger partial charge in [-0.05, 0) is 55.2 Å². The van der Waals surface area contributed by atoms with Crippen LogP contribution in [0.15, 0.2) is 42.5 Å². The number of nitrogens with zero attached hydrogens (tertiary/aromatic N) is 4. The predicted octanol–water partition coefficient (Wildman–Crippen LogP) is 4.16. The zero-order chi connectivity index (χ0) is 20.4. The summed E-state index contributed by atoms with van der Waals surface area (Å²) in [6.07, 6.45) is 0.901. The molecule has 2 heterocycles. The zero-order valence-corrected chi connectivity index (χ0v) is 16.8. The Bertz CT molecular complexity index is 1030. The van der Waals surface area contributed by atoms with Crippen molar-refractivity contribution in [1.29, 1.82) is 0 Å². The van der Waals surface area contributed by atoms with Crippen molar-refractivity contribution in [3.63, 3.8) is 0 Å². The molecule has 0 amide bonds. The molecule has 0 fully saturated rings. The zero-order valence-electron chi connectivity index (χ0n) is 16.8. The van der Waals surface area contributed by atoms with E-state index in [2.05, 4.69) is 39.5 Å². The number of methoxy groups -OCH3 is 1. The topological polar surface area (TPSA) is 63.2 Å². The van der Waals surface area contributed by atoms with E-state index in [9.17, 15) is 4.39 Å². The molecule has 0 saturated carbocycles. The smallest absolute Gasteiger partial charge is 0.252 e. The number of benzene rings is 2. The summed E-state index contributed by atoms with van der Waals surface area (Å²) in [5, 5.41) is 11.9. The Morgan fingerprint density at radius 2 is 2.03 bits per heavy atom. The number of aryl methyl sites for hydroxylation is 1. The molecule has 6 nitrogen and oxygen atoms in total. The first kappa shape index (κ1) is 19.3. The molecule has 7 heteroatoms. The molecule has 0 aliphatic carbocycles. The molecule has 1 N–H and O–H groups in total. The van der Waals surface area contributed by atoms with Crippen LogP contribution in [-0.4, -0.2) is 28.3 Å². The minimum atomic E-state index is -0.253. The number of aromatic nitrogens is 3. The highest BCUT2D eigenvalue weighted by Crippen LogP contribution is 2.38. The van der Waals surface area contributed by atoms with Gasteiger partial charge >= 0.3 is 0 Å². The molecule has 1 unspecified atom stereocenters. The summed E-state index contributed by atoms with van der Waals surface area (Å²) in [4.78, 5) is 6.85. The van der Waals surface area contributed by atoms with Crippen LogP contribution in [0.5, 0.6) is 0 Å². The van der Waals surface area contributed by atoms with E-state index < -0.39 is 0 Å². The summed E-state index contributed by atoms with van der Waals surface area (Å²) >= 11 is 0. The lowest BCUT2D eigenvalue weighted by Crippen LogP contribution is -2.26. The van der Waals surface area contributed by atoms with Crippen LogP contribution < -0.4 is 10.2 Å². The van der Waals surface area contributed by atoms with Gasteiger partial charge in [0.25, 0.3) is 5.95 Å². The van der Waals surface area contributed by atoms with E-state index in [4.69, 9.17) is 9.72 Å².